The van der Waals surface area contributed by atoms with Gasteiger partial charge >= 0.3 is 11.9 Å². The Kier molecular flexibility index (Phi) is 8.34. The van der Waals surface area contributed by atoms with Gasteiger partial charge in [0.15, 0.2) is 28.1 Å². The van der Waals surface area contributed by atoms with E-state index >= 15 is 0 Å². The maximum absolute atomic E-state index is 13.6. The van der Waals surface area contributed by atoms with Crippen LogP contribution in [0.4, 0.5) is 5.13 Å². The van der Waals surface area contributed by atoms with Gasteiger partial charge in [-0.15, -0.1) is 0 Å². The minimum atomic E-state index is -1.10. The van der Waals surface area contributed by atoms with Crippen molar-refractivity contribution in [2.75, 3.05) is 38.4 Å². The lowest BCUT2D eigenvalue weighted by Crippen LogP contribution is -2.29. The van der Waals surface area contributed by atoms with Gasteiger partial charge in [0.1, 0.15) is 23.9 Å². The normalized spacial score (nSPS) is 17.3. The lowest BCUT2D eigenvalue weighted by Gasteiger charge is -2.24. The van der Waals surface area contributed by atoms with Crippen LogP contribution >= 0.6 is 11.3 Å². The molecule has 220 valence electrons. The number of anilines is 1. The van der Waals surface area contributed by atoms with Gasteiger partial charge in [0.2, 0.25) is 0 Å². The smallest absolute Gasteiger partial charge is 0.350 e. The number of aliphatic hydroxyl groups is 1. The van der Waals surface area contributed by atoms with Crippen LogP contribution in [0.1, 0.15) is 52.8 Å². The summed E-state index contributed by atoms with van der Waals surface area (Å²) in [6, 6.07) is 8.76. The molecule has 1 fully saturated rings. The molecule has 1 saturated heterocycles. The van der Waals surface area contributed by atoms with Crippen molar-refractivity contribution in [3.63, 3.8) is 0 Å². The number of amides is 1. The predicted molar refractivity (Wildman–Crippen MR) is 154 cm³/mol. The van der Waals surface area contributed by atoms with Crippen LogP contribution in [-0.4, -0.2) is 61.3 Å². The molecule has 0 spiro atoms. The van der Waals surface area contributed by atoms with E-state index in [0.717, 1.165) is 17.8 Å². The summed E-state index contributed by atoms with van der Waals surface area (Å²) in [5.74, 6) is -1.00. The number of Topliss-reactive ketones (excluding diaryl/α,β-unsaturated/α-hetero) is 1. The summed E-state index contributed by atoms with van der Waals surface area (Å²) in [6.07, 6.45) is 0.787. The highest BCUT2D eigenvalue weighted by atomic mass is 32.1. The number of rotatable bonds is 9. The first-order valence-corrected chi connectivity index (χ1v) is 14.3. The Balaban J connectivity index is 1.70. The van der Waals surface area contributed by atoms with Crippen LogP contribution in [0.3, 0.4) is 0 Å². The van der Waals surface area contributed by atoms with Gasteiger partial charge in [-0.25, -0.2) is 9.78 Å². The van der Waals surface area contributed by atoms with E-state index in [1.807, 2.05) is 13.8 Å². The molecule has 0 aliphatic carbocycles. The number of hydrogen-bond acceptors (Lipinski definition) is 11. The highest BCUT2D eigenvalue weighted by Crippen LogP contribution is 2.46. The Labute approximate surface area is 246 Å². The highest BCUT2D eigenvalue weighted by Gasteiger charge is 2.48. The van der Waals surface area contributed by atoms with Crippen LogP contribution in [0.15, 0.2) is 42.0 Å². The van der Waals surface area contributed by atoms with E-state index in [4.69, 9.17) is 23.7 Å². The minimum Gasteiger partial charge on any atom is -0.507 e. The van der Waals surface area contributed by atoms with E-state index in [0.29, 0.717) is 60.7 Å². The summed E-state index contributed by atoms with van der Waals surface area (Å²) in [5, 5.41) is 11.7. The second kappa shape index (κ2) is 12.1. The minimum absolute atomic E-state index is 0.102. The molecule has 3 heterocycles. The highest BCUT2D eigenvalue weighted by molar-refractivity contribution is 7.17. The molecule has 0 bridgehead atoms. The Morgan fingerprint density at radius 2 is 1.83 bits per heavy atom. The third-order valence-electron chi connectivity index (χ3n) is 6.67. The fourth-order valence-corrected chi connectivity index (χ4v) is 5.76. The van der Waals surface area contributed by atoms with Crippen molar-refractivity contribution in [1.82, 2.24) is 4.98 Å². The quantitative estimate of drug-likeness (QED) is 0.159. The predicted octanol–water partition coefficient (Wildman–Crippen LogP) is 4.82. The monoisotopic (exact) mass is 594 g/mol. The Morgan fingerprint density at radius 1 is 1.07 bits per heavy atom. The number of carbonyl (C=O) groups is 3. The second-order valence-electron chi connectivity index (χ2n) is 9.42. The van der Waals surface area contributed by atoms with Crippen LogP contribution in [0, 0.1) is 6.92 Å². The lowest BCUT2D eigenvalue weighted by atomic mass is 9.95. The van der Waals surface area contributed by atoms with E-state index in [9.17, 15) is 19.5 Å². The summed E-state index contributed by atoms with van der Waals surface area (Å²) < 4.78 is 27.8. The van der Waals surface area contributed by atoms with Gasteiger partial charge in [0.25, 0.3) is 5.78 Å². The zero-order valence-electron chi connectivity index (χ0n) is 23.6. The molecule has 12 heteroatoms. The second-order valence-corrected chi connectivity index (χ2v) is 10.4. The summed E-state index contributed by atoms with van der Waals surface area (Å²) in [5.41, 5.74) is 0.912. The fraction of sp³-hybridized carbons (Fsp3) is 0.333. The van der Waals surface area contributed by atoms with Crippen LogP contribution < -0.4 is 23.8 Å². The molecule has 0 unspecified atom stereocenters. The first-order valence-electron chi connectivity index (χ1n) is 13.4. The molecule has 1 atom stereocenters. The van der Waals surface area contributed by atoms with Gasteiger partial charge < -0.3 is 28.8 Å². The van der Waals surface area contributed by atoms with Crippen molar-refractivity contribution in [3.05, 3.63) is 63.7 Å². The molecule has 42 heavy (non-hydrogen) atoms. The van der Waals surface area contributed by atoms with Gasteiger partial charge in [-0.1, -0.05) is 24.3 Å². The van der Waals surface area contributed by atoms with E-state index in [2.05, 4.69) is 4.98 Å². The number of methoxy groups -OCH3 is 1. The number of thiazole rings is 1. The number of fused-ring (bicyclic) bond motifs is 1. The maximum Gasteiger partial charge on any atom is 0.350 e. The number of aliphatic hydroxyl groups excluding tert-OH is 1. The molecule has 3 aromatic rings. The number of carbonyl (C=O) groups excluding carboxylic acids is 3. The van der Waals surface area contributed by atoms with Crippen LogP contribution in [-0.2, 0) is 14.3 Å². The Hall–Kier alpha value is -4.58. The SMILES string of the molecule is CCCOc1ccc([C@@H]2C(=C(O)c3ccc4c(c3)OCCO4)C(=O)C(=O)N2c2nc(C)c(C(=O)OC)s2)cc1OCC. The Bertz CT molecular complexity index is 1580. The summed E-state index contributed by atoms with van der Waals surface area (Å²) in [7, 11) is 1.25. The molecule has 2 aromatic carbocycles. The molecular weight excluding hydrogens is 564 g/mol. The van der Waals surface area contributed by atoms with Crippen molar-refractivity contribution in [2.24, 2.45) is 0 Å². The number of nitrogens with zero attached hydrogens (tertiary/aromatic N) is 2. The number of aromatic nitrogens is 1. The van der Waals surface area contributed by atoms with E-state index in [1.54, 1.807) is 43.3 Å². The van der Waals surface area contributed by atoms with Crippen molar-refractivity contribution >= 4 is 39.9 Å². The van der Waals surface area contributed by atoms with Crippen molar-refractivity contribution < 1.29 is 43.2 Å². The van der Waals surface area contributed by atoms with Gasteiger partial charge in [-0.3, -0.25) is 14.5 Å². The number of ether oxygens (including phenoxy) is 5. The Morgan fingerprint density at radius 3 is 2.55 bits per heavy atom. The number of esters is 1. The van der Waals surface area contributed by atoms with E-state index in [1.165, 1.54) is 12.0 Å². The van der Waals surface area contributed by atoms with Gasteiger partial charge in [-0.2, -0.15) is 0 Å². The summed E-state index contributed by atoms with van der Waals surface area (Å²) >= 11 is 0.921. The first-order chi connectivity index (χ1) is 20.3. The summed E-state index contributed by atoms with van der Waals surface area (Å²) in [6.45, 7) is 6.97. The third-order valence-corrected chi connectivity index (χ3v) is 7.80. The maximum atomic E-state index is 13.6. The van der Waals surface area contributed by atoms with Gasteiger partial charge in [0.05, 0.1) is 37.6 Å². The molecule has 0 saturated carbocycles. The number of ketones is 1. The van der Waals surface area contributed by atoms with Crippen molar-refractivity contribution in [2.45, 2.75) is 33.2 Å². The molecule has 1 amide bonds. The molecule has 0 radical (unpaired) electrons. The average molecular weight is 595 g/mol. The fourth-order valence-electron chi connectivity index (χ4n) is 4.75. The standard InChI is InChI=1S/C30H30N2O9S/c1-5-11-39-19-9-7-17(14-21(19)38-6-2)24-23(25(33)18-8-10-20-22(15-18)41-13-12-40-20)26(34)28(35)32(24)30-31-16(3)27(42-30)29(36)37-4/h7-10,14-15,24,33H,5-6,11-13H2,1-4H3/t24-/m1/s1. The molecular formula is C30H30N2O9S. The molecule has 1 aromatic heterocycles. The zero-order chi connectivity index (χ0) is 30.0. The average Bonchev–Trinajstić information content (AvgIpc) is 3.51. The van der Waals surface area contributed by atoms with Gasteiger partial charge in [0, 0.05) is 5.56 Å². The molecule has 2 aliphatic heterocycles. The van der Waals surface area contributed by atoms with E-state index < -0.39 is 29.5 Å². The van der Waals surface area contributed by atoms with Crippen LogP contribution in [0.2, 0.25) is 0 Å². The molecule has 11 nitrogen and oxygen atoms in total. The molecule has 5 rings (SSSR count). The summed E-state index contributed by atoms with van der Waals surface area (Å²) in [4.78, 5) is 45.4. The number of aryl methyl sites for hydroxylation is 1. The topological polar surface area (TPSA) is 134 Å². The van der Waals surface area contributed by atoms with Crippen LogP contribution in [0.5, 0.6) is 23.0 Å². The zero-order valence-corrected chi connectivity index (χ0v) is 24.4. The lowest BCUT2D eigenvalue weighted by molar-refractivity contribution is -0.132. The molecule has 1 N–H and O–H groups in total. The van der Waals surface area contributed by atoms with Crippen molar-refractivity contribution in [1.29, 1.82) is 0 Å². The number of benzene rings is 2. The number of hydrogen-bond donors (Lipinski definition) is 1. The van der Waals surface area contributed by atoms with Gasteiger partial charge in [-0.05, 0) is 56.2 Å². The van der Waals surface area contributed by atoms with Crippen molar-refractivity contribution in [3.8, 4) is 23.0 Å². The third kappa shape index (κ3) is 5.25. The van der Waals surface area contributed by atoms with Crippen LogP contribution in [0.25, 0.3) is 5.76 Å². The first kappa shape index (κ1) is 28.9. The van der Waals surface area contributed by atoms with E-state index in [-0.39, 0.29) is 21.1 Å². The molecule has 2 aliphatic rings. The largest absolute Gasteiger partial charge is 0.507 e.